The minimum absolute atomic E-state index is 0.0604. The summed E-state index contributed by atoms with van der Waals surface area (Å²) in [6, 6.07) is 6.54. The second kappa shape index (κ2) is 7.63. The molecule has 1 saturated heterocycles. The average molecular weight is 368 g/mol. The molecular weight excluding hydrogens is 346 g/mol. The Balaban J connectivity index is 2.09. The molecule has 1 aliphatic heterocycles. The first-order valence-corrected chi connectivity index (χ1v) is 8.34. The van der Waals surface area contributed by atoms with Crippen molar-refractivity contribution in [2.24, 2.45) is 11.7 Å². The quantitative estimate of drug-likeness (QED) is 0.858. The molecule has 3 N–H and O–H groups in total. The monoisotopic (exact) mass is 367 g/mol. The fourth-order valence-corrected chi connectivity index (χ4v) is 3.28. The summed E-state index contributed by atoms with van der Waals surface area (Å²) in [6.07, 6.45) is 2.43. The summed E-state index contributed by atoms with van der Waals surface area (Å²) in [6.45, 7) is 3.75. The highest BCUT2D eigenvalue weighted by Gasteiger charge is 2.25. The van der Waals surface area contributed by atoms with Gasteiger partial charge in [0.25, 0.3) is 0 Å². The SMILES string of the molecule is C[C@@H]1CCCN(C(=O)C[C@H](NC(N)=O)c2cccc(Br)c2)C1. The van der Waals surface area contributed by atoms with Crippen LogP contribution < -0.4 is 11.1 Å². The Morgan fingerprint density at radius 2 is 2.27 bits per heavy atom. The molecule has 1 aliphatic rings. The first-order chi connectivity index (χ1) is 10.5. The molecule has 0 saturated carbocycles. The van der Waals surface area contributed by atoms with Crippen LogP contribution >= 0.6 is 15.9 Å². The number of benzene rings is 1. The van der Waals surface area contributed by atoms with Crippen molar-refractivity contribution in [3.05, 3.63) is 34.3 Å². The fourth-order valence-electron chi connectivity index (χ4n) is 2.87. The van der Waals surface area contributed by atoms with E-state index < -0.39 is 12.1 Å². The molecule has 6 heteroatoms. The van der Waals surface area contributed by atoms with Crippen molar-refractivity contribution in [3.63, 3.8) is 0 Å². The maximum absolute atomic E-state index is 12.5. The minimum atomic E-state index is -0.621. The number of hydrogen-bond acceptors (Lipinski definition) is 2. The number of nitrogens with two attached hydrogens (primary N) is 1. The second-order valence-electron chi connectivity index (χ2n) is 5.91. The van der Waals surface area contributed by atoms with Crippen molar-refractivity contribution in [2.45, 2.75) is 32.2 Å². The summed E-state index contributed by atoms with van der Waals surface area (Å²) in [5.74, 6) is 0.594. The Hall–Kier alpha value is -1.56. The van der Waals surface area contributed by atoms with Crippen molar-refractivity contribution < 1.29 is 9.59 Å². The van der Waals surface area contributed by atoms with Gasteiger partial charge in [0.1, 0.15) is 0 Å². The Morgan fingerprint density at radius 3 is 2.91 bits per heavy atom. The maximum atomic E-state index is 12.5. The van der Waals surface area contributed by atoms with Gasteiger partial charge in [-0.25, -0.2) is 4.79 Å². The second-order valence-corrected chi connectivity index (χ2v) is 6.82. The van der Waals surface area contributed by atoms with Gasteiger partial charge in [0.05, 0.1) is 12.5 Å². The fraction of sp³-hybridized carbons (Fsp3) is 0.500. The number of carbonyl (C=O) groups excluding carboxylic acids is 2. The number of primary amides is 1. The lowest BCUT2D eigenvalue weighted by Gasteiger charge is -2.32. The van der Waals surface area contributed by atoms with E-state index in [9.17, 15) is 9.59 Å². The Morgan fingerprint density at radius 1 is 1.50 bits per heavy atom. The maximum Gasteiger partial charge on any atom is 0.312 e. The topological polar surface area (TPSA) is 75.4 Å². The van der Waals surface area contributed by atoms with Gasteiger partial charge in [-0.1, -0.05) is 35.0 Å². The van der Waals surface area contributed by atoms with Crippen LogP contribution in [-0.4, -0.2) is 29.9 Å². The predicted molar refractivity (Wildman–Crippen MR) is 89.2 cm³/mol. The van der Waals surface area contributed by atoms with Crippen LogP contribution in [0.3, 0.4) is 0 Å². The summed E-state index contributed by atoms with van der Waals surface area (Å²) >= 11 is 3.41. The van der Waals surface area contributed by atoms with Crippen LogP contribution in [0.4, 0.5) is 4.79 Å². The molecule has 1 aromatic carbocycles. The summed E-state index contributed by atoms with van der Waals surface area (Å²) in [5.41, 5.74) is 6.13. The van der Waals surface area contributed by atoms with Gasteiger partial charge in [-0.15, -0.1) is 0 Å². The van der Waals surface area contributed by atoms with Gasteiger partial charge in [0.15, 0.2) is 0 Å². The molecule has 0 unspecified atom stereocenters. The van der Waals surface area contributed by atoms with Crippen LogP contribution in [0.25, 0.3) is 0 Å². The zero-order valence-electron chi connectivity index (χ0n) is 12.7. The molecule has 0 bridgehead atoms. The molecule has 0 aromatic heterocycles. The molecular formula is C16H22BrN3O2. The number of hydrogen-bond donors (Lipinski definition) is 2. The first kappa shape index (κ1) is 16.8. The van der Waals surface area contributed by atoms with E-state index in [1.807, 2.05) is 29.2 Å². The Kier molecular flexibility index (Phi) is 5.83. The van der Waals surface area contributed by atoms with Crippen molar-refractivity contribution in [2.75, 3.05) is 13.1 Å². The predicted octanol–water partition coefficient (Wildman–Crippen LogP) is 2.81. The zero-order chi connectivity index (χ0) is 16.1. The molecule has 1 heterocycles. The van der Waals surface area contributed by atoms with Crippen LogP contribution in [0.15, 0.2) is 28.7 Å². The molecule has 120 valence electrons. The van der Waals surface area contributed by atoms with E-state index in [0.29, 0.717) is 5.92 Å². The number of piperidine rings is 1. The van der Waals surface area contributed by atoms with E-state index in [2.05, 4.69) is 28.2 Å². The van der Waals surface area contributed by atoms with Crippen LogP contribution in [0.2, 0.25) is 0 Å². The third-order valence-electron chi connectivity index (χ3n) is 3.96. The largest absolute Gasteiger partial charge is 0.352 e. The van der Waals surface area contributed by atoms with Gasteiger partial charge in [-0.2, -0.15) is 0 Å². The number of nitrogens with zero attached hydrogens (tertiary/aromatic N) is 1. The van der Waals surface area contributed by atoms with E-state index in [0.717, 1.165) is 29.5 Å². The number of amides is 3. The third kappa shape index (κ3) is 4.73. The number of carbonyl (C=O) groups is 2. The van der Waals surface area contributed by atoms with Gasteiger partial charge in [-0.3, -0.25) is 4.79 Å². The normalized spacial score (nSPS) is 19.5. The molecule has 0 radical (unpaired) electrons. The Labute approximate surface area is 139 Å². The summed E-state index contributed by atoms with van der Waals surface area (Å²) in [5, 5.41) is 2.68. The molecule has 22 heavy (non-hydrogen) atoms. The summed E-state index contributed by atoms with van der Waals surface area (Å²) in [4.78, 5) is 25.7. The van der Waals surface area contributed by atoms with E-state index >= 15 is 0 Å². The number of halogens is 1. The van der Waals surface area contributed by atoms with Crippen molar-refractivity contribution in [1.82, 2.24) is 10.2 Å². The minimum Gasteiger partial charge on any atom is -0.352 e. The lowest BCUT2D eigenvalue weighted by Crippen LogP contribution is -2.42. The summed E-state index contributed by atoms with van der Waals surface area (Å²) in [7, 11) is 0. The van der Waals surface area contributed by atoms with Gasteiger partial charge >= 0.3 is 6.03 Å². The lowest BCUT2D eigenvalue weighted by atomic mass is 9.98. The van der Waals surface area contributed by atoms with Crippen LogP contribution in [0.5, 0.6) is 0 Å². The first-order valence-electron chi connectivity index (χ1n) is 7.55. The number of urea groups is 1. The summed E-state index contributed by atoms with van der Waals surface area (Å²) < 4.78 is 0.903. The average Bonchev–Trinajstić information content (AvgIpc) is 2.46. The molecule has 1 fully saturated rings. The van der Waals surface area contributed by atoms with Crippen LogP contribution in [-0.2, 0) is 4.79 Å². The van der Waals surface area contributed by atoms with E-state index in [4.69, 9.17) is 5.73 Å². The number of nitrogens with one attached hydrogen (secondary N) is 1. The number of likely N-dealkylation sites (tertiary alicyclic amines) is 1. The molecule has 1 aromatic rings. The number of rotatable bonds is 4. The third-order valence-corrected chi connectivity index (χ3v) is 4.45. The highest BCUT2D eigenvalue weighted by molar-refractivity contribution is 9.10. The molecule has 0 aliphatic carbocycles. The smallest absolute Gasteiger partial charge is 0.312 e. The van der Waals surface area contributed by atoms with Gasteiger partial charge in [-0.05, 0) is 36.5 Å². The lowest BCUT2D eigenvalue weighted by molar-refractivity contribution is -0.133. The molecule has 2 atom stereocenters. The van der Waals surface area contributed by atoms with Crippen molar-refractivity contribution >= 4 is 27.9 Å². The molecule has 5 nitrogen and oxygen atoms in total. The molecule has 0 spiro atoms. The van der Waals surface area contributed by atoms with E-state index in [1.54, 1.807) is 0 Å². The highest BCUT2D eigenvalue weighted by atomic mass is 79.9. The van der Waals surface area contributed by atoms with E-state index in [1.165, 1.54) is 6.42 Å². The molecule has 3 amide bonds. The van der Waals surface area contributed by atoms with Gasteiger partial charge < -0.3 is 16.0 Å². The van der Waals surface area contributed by atoms with Crippen molar-refractivity contribution in [3.8, 4) is 0 Å². The van der Waals surface area contributed by atoms with Crippen LogP contribution in [0, 0.1) is 5.92 Å². The Bertz CT molecular complexity index is 550. The zero-order valence-corrected chi connectivity index (χ0v) is 14.3. The van der Waals surface area contributed by atoms with E-state index in [-0.39, 0.29) is 12.3 Å². The van der Waals surface area contributed by atoms with Crippen molar-refractivity contribution in [1.29, 1.82) is 0 Å². The molecule has 2 rings (SSSR count). The standard InChI is InChI=1S/C16H22BrN3O2/c1-11-4-3-7-20(10-11)15(21)9-14(19-16(18)22)12-5-2-6-13(17)8-12/h2,5-6,8,11,14H,3-4,7,9-10H2,1H3,(H3,18,19,22)/t11-,14+/m1/s1. The highest BCUT2D eigenvalue weighted by Crippen LogP contribution is 2.23. The van der Waals surface area contributed by atoms with Gasteiger partial charge in [0.2, 0.25) is 5.91 Å². The van der Waals surface area contributed by atoms with Gasteiger partial charge in [0, 0.05) is 17.6 Å². The van der Waals surface area contributed by atoms with Crippen LogP contribution in [0.1, 0.15) is 37.8 Å².